The number of carboxylic acid groups (broad SMARTS) is 1. The van der Waals surface area contributed by atoms with Crippen LogP contribution < -0.4 is 9.44 Å². The van der Waals surface area contributed by atoms with Gasteiger partial charge in [0.25, 0.3) is 10.2 Å². The maximum atomic E-state index is 12.0. The minimum absolute atomic E-state index is 0.117. The number of sulfonamides is 1. The van der Waals surface area contributed by atoms with Crippen LogP contribution in [0.25, 0.3) is 0 Å². The number of hydrogen-bond acceptors (Lipinski definition) is 5. The van der Waals surface area contributed by atoms with Gasteiger partial charge in [0.2, 0.25) is 10.0 Å². The van der Waals surface area contributed by atoms with Gasteiger partial charge in [-0.2, -0.15) is 12.7 Å². The van der Waals surface area contributed by atoms with Gasteiger partial charge in [-0.05, 0) is 12.8 Å². The van der Waals surface area contributed by atoms with Gasteiger partial charge in [0, 0.05) is 26.2 Å². The molecule has 11 heteroatoms. The van der Waals surface area contributed by atoms with E-state index in [9.17, 15) is 21.6 Å². The van der Waals surface area contributed by atoms with Crippen molar-refractivity contribution in [3.05, 3.63) is 0 Å². The summed E-state index contributed by atoms with van der Waals surface area (Å²) < 4.78 is 52.3. The summed E-state index contributed by atoms with van der Waals surface area (Å²) in [5.74, 6) is -1.78. The maximum Gasteiger partial charge on any atom is 0.306 e. The van der Waals surface area contributed by atoms with Crippen LogP contribution in [0.1, 0.15) is 19.8 Å². The lowest BCUT2D eigenvalue weighted by Gasteiger charge is -2.29. The van der Waals surface area contributed by atoms with E-state index < -0.39 is 32.1 Å². The number of rotatable bonds is 8. The van der Waals surface area contributed by atoms with Gasteiger partial charge in [-0.15, -0.1) is 0 Å². The van der Waals surface area contributed by atoms with Crippen molar-refractivity contribution in [2.24, 2.45) is 5.92 Å². The van der Waals surface area contributed by atoms with Crippen molar-refractivity contribution >= 4 is 26.2 Å². The lowest BCUT2D eigenvalue weighted by atomic mass is 9.99. The average molecular weight is 343 g/mol. The zero-order valence-corrected chi connectivity index (χ0v) is 13.4. The van der Waals surface area contributed by atoms with Crippen molar-refractivity contribution in [3.63, 3.8) is 0 Å². The van der Waals surface area contributed by atoms with Crippen LogP contribution in [0, 0.1) is 5.92 Å². The topological polar surface area (TPSA) is 133 Å². The Hall–Kier alpha value is -0.750. The zero-order chi connectivity index (χ0) is 16.1. The Balaban J connectivity index is 2.46. The Morgan fingerprint density at radius 2 is 1.76 bits per heavy atom. The van der Waals surface area contributed by atoms with E-state index in [4.69, 9.17) is 5.11 Å². The Morgan fingerprint density at radius 1 is 1.19 bits per heavy atom. The number of nitrogens with zero attached hydrogens (tertiary/aromatic N) is 1. The molecular weight excluding hydrogens is 322 g/mol. The second kappa shape index (κ2) is 7.49. The molecule has 0 radical (unpaired) electrons. The van der Waals surface area contributed by atoms with Crippen molar-refractivity contribution in [2.75, 3.05) is 31.9 Å². The van der Waals surface area contributed by atoms with Gasteiger partial charge in [0.1, 0.15) is 0 Å². The normalized spacial score (nSPS) is 18.7. The minimum atomic E-state index is -3.77. The highest BCUT2D eigenvalue weighted by Crippen LogP contribution is 2.18. The van der Waals surface area contributed by atoms with Crippen LogP contribution in [0.2, 0.25) is 0 Å². The fourth-order valence-corrected chi connectivity index (χ4v) is 4.35. The molecular formula is C10H21N3O6S2. The molecule has 1 aliphatic rings. The van der Waals surface area contributed by atoms with Crippen LogP contribution in [-0.2, 0) is 25.0 Å². The molecule has 1 saturated heterocycles. The fraction of sp³-hybridized carbons (Fsp3) is 0.900. The molecule has 0 atom stereocenters. The first kappa shape index (κ1) is 18.3. The molecule has 0 aliphatic carbocycles. The number of piperidine rings is 1. The molecule has 0 amide bonds. The van der Waals surface area contributed by atoms with Crippen LogP contribution in [0.5, 0.6) is 0 Å². The molecule has 3 N–H and O–H groups in total. The summed E-state index contributed by atoms with van der Waals surface area (Å²) in [7, 11) is -7.25. The van der Waals surface area contributed by atoms with Crippen LogP contribution in [0.4, 0.5) is 0 Å². The first-order valence-electron chi connectivity index (χ1n) is 6.63. The van der Waals surface area contributed by atoms with E-state index in [0.717, 1.165) is 4.31 Å². The van der Waals surface area contributed by atoms with Crippen LogP contribution in [0.3, 0.4) is 0 Å². The lowest BCUT2D eigenvalue weighted by molar-refractivity contribution is -0.142. The van der Waals surface area contributed by atoms with Crippen LogP contribution in [-0.4, -0.2) is 64.1 Å². The molecule has 1 heterocycles. The summed E-state index contributed by atoms with van der Waals surface area (Å²) in [6, 6.07) is 0. The smallest absolute Gasteiger partial charge is 0.306 e. The van der Waals surface area contributed by atoms with Crippen LogP contribution >= 0.6 is 0 Å². The highest BCUT2D eigenvalue weighted by Gasteiger charge is 2.30. The van der Waals surface area contributed by atoms with Crippen molar-refractivity contribution < 1.29 is 26.7 Å². The van der Waals surface area contributed by atoms with E-state index in [1.54, 1.807) is 6.92 Å². The van der Waals surface area contributed by atoms with Crippen molar-refractivity contribution in [3.8, 4) is 0 Å². The molecule has 0 saturated carbocycles. The molecule has 0 aromatic heterocycles. The number of aliphatic carboxylic acids is 1. The number of carboxylic acids is 1. The van der Waals surface area contributed by atoms with E-state index in [1.165, 1.54) is 0 Å². The van der Waals surface area contributed by atoms with E-state index in [0.29, 0.717) is 0 Å². The maximum absolute atomic E-state index is 12.0. The summed E-state index contributed by atoms with van der Waals surface area (Å²) >= 11 is 0. The molecule has 0 aromatic carbocycles. The Labute approximate surface area is 124 Å². The molecule has 1 aliphatic heterocycles. The van der Waals surface area contributed by atoms with E-state index in [2.05, 4.69) is 9.44 Å². The first-order chi connectivity index (χ1) is 9.68. The predicted octanol–water partition coefficient (Wildman–Crippen LogP) is -1.44. The van der Waals surface area contributed by atoms with E-state index in [-0.39, 0.29) is 44.8 Å². The van der Waals surface area contributed by atoms with Gasteiger partial charge in [0.05, 0.1) is 11.7 Å². The summed E-state index contributed by atoms with van der Waals surface area (Å²) in [4.78, 5) is 10.8. The number of nitrogens with one attached hydrogen (secondary N) is 2. The number of hydrogen-bond donors (Lipinski definition) is 3. The third-order valence-corrected chi connectivity index (χ3v) is 6.25. The fourth-order valence-electron chi connectivity index (χ4n) is 2.03. The zero-order valence-electron chi connectivity index (χ0n) is 11.8. The first-order valence-corrected chi connectivity index (χ1v) is 9.72. The standard InChI is InChI=1S/C10H21N3O6S2/c1-2-11-20(16,17)8-5-12-21(18,19)13-6-3-9(4-7-13)10(14)15/h9,11-12H,2-8H2,1H3,(H,14,15). The second-order valence-corrected chi connectivity index (χ2v) is 8.41. The van der Waals surface area contributed by atoms with Crippen molar-refractivity contribution in [1.82, 2.24) is 13.7 Å². The third-order valence-electron chi connectivity index (χ3n) is 3.16. The molecule has 1 fully saturated rings. The quantitative estimate of drug-likeness (QED) is 0.494. The monoisotopic (exact) mass is 343 g/mol. The highest BCUT2D eigenvalue weighted by molar-refractivity contribution is 7.89. The molecule has 0 aromatic rings. The second-order valence-electron chi connectivity index (χ2n) is 4.73. The van der Waals surface area contributed by atoms with Gasteiger partial charge < -0.3 is 5.11 Å². The molecule has 21 heavy (non-hydrogen) atoms. The van der Waals surface area contributed by atoms with Crippen molar-refractivity contribution in [2.45, 2.75) is 19.8 Å². The molecule has 0 bridgehead atoms. The van der Waals surface area contributed by atoms with Gasteiger partial charge in [-0.1, -0.05) is 6.92 Å². The van der Waals surface area contributed by atoms with E-state index >= 15 is 0 Å². The van der Waals surface area contributed by atoms with Crippen LogP contribution in [0.15, 0.2) is 0 Å². The van der Waals surface area contributed by atoms with Gasteiger partial charge in [-0.25, -0.2) is 17.9 Å². The molecule has 1 rings (SSSR count). The largest absolute Gasteiger partial charge is 0.481 e. The molecule has 124 valence electrons. The molecule has 0 unspecified atom stereocenters. The van der Waals surface area contributed by atoms with Gasteiger partial charge >= 0.3 is 5.97 Å². The average Bonchev–Trinajstić information content (AvgIpc) is 2.38. The van der Waals surface area contributed by atoms with E-state index in [1.807, 2.05) is 0 Å². The highest BCUT2D eigenvalue weighted by atomic mass is 32.2. The van der Waals surface area contributed by atoms with Gasteiger partial charge in [-0.3, -0.25) is 4.79 Å². The third kappa shape index (κ3) is 5.87. The lowest BCUT2D eigenvalue weighted by Crippen LogP contribution is -2.47. The summed E-state index contributed by atoms with van der Waals surface area (Å²) in [6.45, 7) is 1.89. The summed E-state index contributed by atoms with van der Waals surface area (Å²) in [5.41, 5.74) is 0. The Morgan fingerprint density at radius 3 is 2.24 bits per heavy atom. The van der Waals surface area contributed by atoms with Gasteiger partial charge in [0.15, 0.2) is 0 Å². The Kier molecular flexibility index (Phi) is 6.53. The molecule has 0 spiro atoms. The predicted molar refractivity (Wildman–Crippen MR) is 76.3 cm³/mol. The van der Waals surface area contributed by atoms with Crippen molar-refractivity contribution in [1.29, 1.82) is 0 Å². The summed E-state index contributed by atoms with van der Waals surface area (Å²) in [5, 5.41) is 8.85. The summed E-state index contributed by atoms with van der Waals surface area (Å²) in [6.07, 6.45) is 0.512. The number of carbonyl (C=O) groups is 1. The molecule has 9 nitrogen and oxygen atoms in total. The minimum Gasteiger partial charge on any atom is -0.481 e. The SMILES string of the molecule is CCNS(=O)(=O)CCNS(=O)(=O)N1CCC(C(=O)O)CC1. The Bertz CT molecular complexity index is 551.